The Balaban J connectivity index is 2.14. The molecule has 144 valence electrons. The highest BCUT2D eigenvalue weighted by Gasteiger charge is 2.27. The molecule has 0 amide bonds. The fourth-order valence-corrected chi connectivity index (χ4v) is 3.65. The zero-order valence-corrected chi connectivity index (χ0v) is 15.7. The molecule has 0 atom stereocenters. The Morgan fingerprint density at radius 3 is 2.79 bits per heavy atom. The minimum Gasteiger partial charge on any atom is -0.508 e. The summed E-state index contributed by atoms with van der Waals surface area (Å²) in [6, 6.07) is 8.96. The Bertz CT molecular complexity index is 1300. The van der Waals surface area contributed by atoms with Gasteiger partial charge in [0.15, 0.2) is 5.43 Å². The summed E-state index contributed by atoms with van der Waals surface area (Å²) in [6.45, 7) is 0. The van der Waals surface area contributed by atoms with Gasteiger partial charge < -0.3 is 9.52 Å². The number of hydrogen-bond donors (Lipinski definition) is 2. The number of allylic oxidation sites excluding steroid dienone is 2. The van der Waals surface area contributed by atoms with E-state index in [1.165, 1.54) is 30.3 Å². The van der Waals surface area contributed by atoms with E-state index in [2.05, 4.69) is 27.3 Å². The molecule has 2 aliphatic carbocycles. The third-order valence-corrected chi connectivity index (χ3v) is 4.83. The first-order chi connectivity index (χ1) is 14.0. The number of phenolic OH excluding ortho intramolecular Hbond substituents is 1. The van der Waals surface area contributed by atoms with E-state index in [0.29, 0.717) is 52.0 Å². The Labute approximate surface area is 169 Å². The lowest BCUT2D eigenvalue weighted by atomic mass is 9.85. The second kappa shape index (κ2) is 7.44. The number of aliphatic imine (C=N–C) groups is 1. The quantitative estimate of drug-likeness (QED) is 0.221. The van der Waals surface area contributed by atoms with Gasteiger partial charge in [-0.15, -0.1) is 0 Å². The summed E-state index contributed by atoms with van der Waals surface area (Å²) in [5.74, 6) is -0.644. The maximum Gasteiger partial charge on any atom is 0.373 e. The first-order valence-electron chi connectivity index (χ1n) is 8.59. The lowest BCUT2D eigenvalue weighted by molar-refractivity contribution is -0.228. The molecule has 3 aliphatic rings. The van der Waals surface area contributed by atoms with Crippen LogP contribution in [0.15, 0.2) is 67.9 Å². The maximum atomic E-state index is 12.3. The Morgan fingerprint density at radius 1 is 1.21 bits per heavy atom. The molecule has 1 aromatic carbocycles. The van der Waals surface area contributed by atoms with Crippen molar-refractivity contribution in [3.8, 4) is 17.1 Å². The SMILES string of the molecule is O=C(OO)C1=C(c2c3ccc(=O)cc-3oc3cc(O)ccc23)CCC(N=C=S)=C1. The second-order valence-corrected chi connectivity index (χ2v) is 6.61. The minimum atomic E-state index is -0.946. The number of nitrogens with zero attached hydrogens (tertiary/aromatic N) is 1. The molecule has 0 unspecified atom stereocenters. The molecule has 8 heteroatoms. The van der Waals surface area contributed by atoms with Crippen molar-refractivity contribution in [3.63, 3.8) is 0 Å². The molecule has 0 bridgehead atoms. The van der Waals surface area contributed by atoms with Gasteiger partial charge >= 0.3 is 5.97 Å². The van der Waals surface area contributed by atoms with Gasteiger partial charge in [-0.2, -0.15) is 10.2 Å². The molecule has 1 heterocycles. The van der Waals surface area contributed by atoms with E-state index in [0.717, 1.165) is 0 Å². The molecule has 1 aliphatic heterocycles. The number of hydrogen-bond acceptors (Lipinski definition) is 8. The minimum absolute atomic E-state index is 0.00468. The number of benzene rings is 2. The van der Waals surface area contributed by atoms with Crippen molar-refractivity contribution >= 4 is 39.9 Å². The highest BCUT2D eigenvalue weighted by Crippen LogP contribution is 2.43. The summed E-state index contributed by atoms with van der Waals surface area (Å²) in [5, 5.41) is 21.7. The van der Waals surface area contributed by atoms with Gasteiger partial charge in [0.25, 0.3) is 0 Å². The summed E-state index contributed by atoms with van der Waals surface area (Å²) >= 11 is 4.63. The number of phenols is 1. The molecular formula is C21H13NO6S. The van der Waals surface area contributed by atoms with Crippen LogP contribution in [0.1, 0.15) is 18.4 Å². The highest BCUT2D eigenvalue weighted by molar-refractivity contribution is 7.78. The zero-order valence-electron chi connectivity index (χ0n) is 14.8. The number of aromatic hydroxyl groups is 1. The molecule has 1 aromatic rings. The standard InChI is InChI=1S/C21H13NO6S/c23-12-2-5-15-18(8-12)27-19-9-13(24)3-6-16(19)20(15)14-4-1-11(22-10-29)7-17(14)21(25)28-26/h2-3,5-9,23,26H,1,4H2. The van der Waals surface area contributed by atoms with Crippen molar-refractivity contribution in [2.45, 2.75) is 12.8 Å². The van der Waals surface area contributed by atoms with Gasteiger partial charge in [0, 0.05) is 28.6 Å². The molecule has 29 heavy (non-hydrogen) atoms. The van der Waals surface area contributed by atoms with E-state index in [9.17, 15) is 14.7 Å². The third-order valence-electron chi connectivity index (χ3n) is 4.74. The molecular weight excluding hydrogens is 394 g/mol. The molecule has 0 fully saturated rings. The van der Waals surface area contributed by atoms with Crippen molar-refractivity contribution in [1.29, 1.82) is 0 Å². The number of carbonyl (C=O) groups excluding carboxylic acids is 1. The number of isothiocyanates is 1. The van der Waals surface area contributed by atoms with Crippen LogP contribution < -0.4 is 5.43 Å². The topological polar surface area (TPSA) is 109 Å². The fraction of sp³-hybridized carbons (Fsp3) is 0.0952. The smallest absolute Gasteiger partial charge is 0.373 e. The van der Waals surface area contributed by atoms with Gasteiger partial charge in [0.1, 0.15) is 17.1 Å². The first-order valence-corrected chi connectivity index (χ1v) is 9.00. The Hall–Kier alpha value is -3.58. The van der Waals surface area contributed by atoms with E-state index in [1.807, 2.05) is 0 Å². The second-order valence-electron chi connectivity index (χ2n) is 6.43. The highest BCUT2D eigenvalue weighted by atomic mass is 32.1. The van der Waals surface area contributed by atoms with Gasteiger partial charge in [-0.25, -0.2) is 4.79 Å². The van der Waals surface area contributed by atoms with Crippen molar-refractivity contribution < 1.29 is 24.5 Å². The summed E-state index contributed by atoms with van der Waals surface area (Å²) in [4.78, 5) is 32.1. The molecule has 0 saturated heterocycles. The molecule has 0 saturated carbocycles. The molecule has 4 rings (SSSR count). The van der Waals surface area contributed by atoms with E-state index >= 15 is 0 Å². The first kappa shape index (κ1) is 18.8. The Kier molecular flexibility index (Phi) is 4.82. The largest absolute Gasteiger partial charge is 0.508 e. The van der Waals surface area contributed by atoms with Crippen LogP contribution in [0.2, 0.25) is 0 Å². The van der Waals surface area contributed by atoms with Crippen LogP contribution >= 0.6 is 12.2 Å². The van der Waals surface area contributed by atoms with Crippen LogP contribution in [0.4, 0.5) is 0 Å². The summed E-state index contributed by atoms with van der Waals surface area (Å²) in [6.07, 6.45) is 2.36. The molecule has 0 spiro atoms. The summed E-state index contributed by atoms with van der Waals surface area (Å²) in [7, 11) is 0. The summed E-state index contributed by atoms with van der Waals surface area (Å²) < 4.78 is 5.82. The van der Waals surface area contributed by atoms with Crippen LogP contribution in [-0.2, 0) is 9.68 Å². The average Bonchev–Trinajstić information content (AvgIpc) is 2.71. The average molecular weight is 407 g/mol. The van der Waals surface area contributed by atoms with Crippen molar-refractivity contribution in [2.75, 3.05) is 0 Å². The van der Waals surface area contributed by atoms with Crippen LogP contribution in [0.25, 0.3) is 27.9 Å². The third kappa shape index (κ3) is 3.36. The molecule has 0 aromatic heterocycles. The van der Waals surface area contributed by atoms with E-state index < -0.39 is 5.97 Å². The number of carbonyl (C=O) groups is 1. The number of rotatable bonds is 3. The van der Waals surface area contributed by atoms with Crippen molar-refractivity contribution in [2.24, 2.45) is 4.99 Å². The van der Waals surface area contributed by atoms with Crippen LogP contribution in [0, 0.1) is 0 Å². The predicted octanol–water partition coefficient (Wildman–Crippen LogP) is 4.15. The summed E-state index contributed by atoms with van der Waals surface area (Å²) in [5.41, 5.74) is 2.57. The van der Waals surface area contributed by atoms with E-state index in [4.69, 9.17) is 9.67 Å². The van der Waals surface area contributed by atoms with Gasteiger partial charge in [-0.1, -0.05) is 0 Å². The van der Waals surface area contributed by atoms with Gasteiger partial charge in [0.05, 0.1) is 16.4 Å². The Morgan fingerprint density at radius 2 is 2.03 bits per heavy atom. The molecule has 7 nitrogen and oxygen atoms in total. The molecule has 0 radical (unpaired) electrons. The van der Waals surface area contributed by atoms with Crippen molar-refractivity contribution in [3.05, 3.63) is 69.5 Å². The predicted molar refractivity (Wildman–Crippen MR) is 109 cm³/mol. The lowest BCUT2D eigenvalue weighted by Crippen LogP contribution is -2.11. The van der Waals surface area contributed by atoms with Crippen molar-refractivity contribution in [1.82, 2.24) is 0 Å². The fourth-order valence-electron chi connectivity index (χ4n) is 3.54. The monoisotopic (exact) mass is 407 g/mol. The number of fused-ring (bicyclic) bond motifs is 2. The van der Waals surface area contributed by atoms with Gasteiger partial charge in [-0.05, 0) is 61.0 Å². The van der Waals surface area contributed by atoms with Gasteiger partial charge in [0.2, 0.25) is 0 Å². The molecule has 2 N–H and O–H groups in total. The number of thiocarbonyl (C=S) groups is 1. The van der Waals surface area contributed by atoms with E-state index in [-0.39, 0.29) is 16.8 Å². The van der Waals surface area contributed by atoms with E-state index in [1.54, 1.807) is 12.1 Å². The van der Waals surface area contributed by atoms with Gasteiger partial charge in [-0.3, -0.25) is 9.68 Å². The zero-order chi connectivity index (χ0) is 20.5. The maximum absolute atomic E-state index is 12.3. The normalized spacial score (nSPS) is 13.9. The van der Waals surface area contributed by atoms with Crippen LogP contribution in [0.3, 0.4) is 0 Å². The van der Waals surface area contributed by atoms with Crippen LogP contribution in [0.5, 0.6) is 5.75 Å². The van der Waals surface area contributed by atoms with Crippen LogP contribution in [-0.4, -0.2) is 21.5 Å². The lowest BCUT2D eigenvalue weighted by Gasteiger charge is -2.21.